The molecule has 0 aromatic carbocycles. The molecule has 36 heavy (non-hydrogen) atoms. The number of aromatic nitrogens is 5. The Bertz CT molecular complexity index is 1190. The molecule has 2 unspecified atom stereocenters. The van der Waals surface area contributed by atoms with Crippen LogP contribution < -0.4 is 21.5 Å². The van der Waals surface area contributed by atoms with Crippen molar-refractivity contribution in [1.29, 1.82) is 0 Å². The third-order valence-electron chi connectivity index (χ3n) is 6.81. The molecule has 2 fully saturated rings. The van der Waals surface area contributed by atoms with Gasteiger partial charge in [0.2, 0.25) is 5.91 Å². The second-order valence-corrected chi connectivity index (χ2v) is 10.2. The molecular weight excluding hydrogens is 478 g/mol. The normalized spacial score (nSPS) is 24.0. The van der Waals surface area contributed by atoms with Gasteiger partial charge in [0.15, 0.2) is 5.82 Å². The highest BCUT2D eigenvalue weighted by Gasteiger charge is 2.29. The number of carbonyl (C=O) groups is 1. The maximum absolute atomic E-state index is 12.8. The highest BCUT2D eigenvalue weighted by molar-refractivity contribution is 6.30. The number of anilines is 1. The molecule has 2 aliphatic rings. The molecule has 2 atom stereocenters. The fourth-order valence-electron chi connectivity index (χ4n) is 4.87. The minimum Gasteiger partial charge on any atom is -0.353 e. The maximum atomic E-state index is 12.8. The number of rotatable bonds is 7. The number of hydrogen-bond acceptors (Lipinski definition) is 8. The molecule has 1 saturated heterocycles. The lowest BCUT2D eigenvalue weighted by atomic mass is 9.81. The molecule has 1 aliphatic carbocycles. The van der Waals surface area contributed by atoms with Gasteiger partial charge in [0.25, 0.3) is 0 Å². The van der Waals surface area contributed by atoms with Crippen LogP contribution in [0.3, 0.4) is 0 Å². The zero-order valence-electron chi connectivity index (χ0n) is 20.5. The summed E-state index contributed by atoms with van der Waals surface area (Å²) in [5, 5.41) is 11.2. The van der Waals surface area contributed by atoms with Crippen LogP contribution in [0.15, 0.2) is 36.8 Å². The van der Waals surface area contributed by atoms with E-state index >= 15 is 0 Å². The van der Waals surface area contributed by atoms with Crippen LogP contribution in [-0.4, -0.2) is 42.8 Å². The molecule has 4 N–H and O–H groups in total. The Kier molecular flexibility index (Phi) is 7.45. The second kappa shape index (κ2) is 10.9. The van der Waals surface area contributed by atoms with E-state index in [1.54, 1.807) is 23.3 Å². The highest BCUT2D eigenvalue weighted by atomic mass is 35.5. The van der Waals surface area contributed by atoms with Crippen molar-refractivity contribution in [3.8, 4) is 5.82 Å². The van der Waals surface area contributed by atoms with Crippen LogP contribution >= 0.6 is 11.6 Å². The predicted molar refractivity (Wildman–Crippen MR) is 137 cm³/mol. The standard InChI is InChI=1S/C25H32ClN9O/c1-15-9-21(31-22-10-16(2)33-34-22)32-24(30-15)18-4-6-19(7-5-18)25(36)28-12-17-3-8-23(27-11-17)35-14-20(26)13-29-35/h3,8-9,11,13-14,16,18-19,22,33-34H,4-7,10,12H2,1-2H3,(H,28,36)(H,30,31,32). The van der Waals surface area contributed by atoms with Crippen molar-refractivity contribution in [3.63, 3.8) is 0 Å². The summed E-state index contributed by atoms with van der Waals surface area (Å²) in [7, 11) is 0. The molecule has 0 bridgehead atoms. The van der Waals surface area contributed by atoms with E-state index in [1.807, 2.05) is 25.1 Å². The third-order valence-corrected chi connectivity index (χ3v) is 7.01. The lowest BCUT2D eigenvalue weighted by Gasteiger charge is -2.27. The maximum Gasteiger partial charge on any atom is 0.223 e. The average Bonchev–Trinajstić information content (AvgIpc) is 3.50. The number of pyridine rings is 1. The number of nitrogens with zero attached hydrogens (tertiary/aromatic N) is 5. The van der Waals surface area contributed by atoms with Crippen molar-refractivity contribution >= 4 is 23.3 Å². The van der Waals surface area contributed by atoms with Crippen molar-refractivity contribution in [2.75, 3.05) is 5.32 Å². The molecule has 1 amide bonds. The molecule has 5 rings (SSSR count). The summed E-state index contributed by atoms with van der Waals surface area (Å²) in [6.07, 6.45) is 9.63. The van der Waals surface area contributed by atoms with Crippen molar-refractivity contribution < 1.29 is 4.79 Å². The van der Waals surface area contributed by atoms with Gasteiger partial charge >= 0.3 is 0 Å². The van der Waals surface area contributed by atoms with Crippen LogP contribution in [0, 0.1) is 12.8 Å². The molecule has 1 saturated carbocycles. The molecule has 10 nitrogen and oxygen atoms in total. The van der Waals surface area contributed by atoms with Gasteiger partial charge in [0.05, 0.1) is 23.6 Å². The molecular formula is C25H32ClN9O. The first-order chi connectivity index (χ1) is 17.4. The van der Waals surface area contributed by atoms with Crippen LogP contribution in [0.4, 0.5) is 5.82 Å². The zero-order chi connectivity index (χ0) is 25.1. The molecule has 3 aromatic rings. The van der Waals surface area contributed by atoms with Gasteiger partial charge in [0, 0.05) is 42.4 Å². The summed E-state index contributed by atoms with van der Waals surface area (Å²) in [6.45, 7) is 4.60. The van der Waals surface area contributed by atoms with Gasteiger partial charge in [-0.2, -0.15) is 5.10 Å². The predicted octanol–water partition coefficient (Wildman–Crippen LogP) is 3.23. The number of hydrazine groups is 1. The van der Waals surface area contributed by atoms with E-state index in [4.69, 9.17) is 21.6 Å². The first-order valence-electron chi connectivity index (χ1n) is 12.5. The van der Waals surface area contributed by atoms with Gasteiger partial charge in [-0.15, -0.1) is 0 Å². The molecule has 190 valence electrons. The SMILES string of the molecule is Cc1cc(NC2CC(C)NN2)nc(C2CCC(C(=O)NCc3ccc(-n4cc(Cl)cn4)nc3)CC2)n1. The monoisotopic (exact) mass is 509 g/mol. The number of nitrogens with one attached hydrogen (secondary N) is 4. The number of carbonyl (C=O) groups excluding carboxylic acids is 1. The van der Waals surface area contributed by atoms with Gasteiger partial charge in [-0.25, -0.2) is 25.1 Å². The van der Waals surface area contributed by atoms with Crippen molar-refractivity contribution in [1.82, 2.24) is 40.9 Å². The van der Waals surface area contributed by atoms with Crippen LogP contribution in [0.25, 0.3) is 5.82 Å². The van der Waals surface area contributed by atoms with E-state index in [-0.39, 0.29) is 23.9 Å². The Morgan fingerprint density at radius 1 is 1.17 bits per heavy atom. The summed E-state index contributed by atoms with van der Waals surface area (Å²) in [5.41, 5.74) is 8.36. The van der Waals surface area contributed by atoms with Crippen LogP contribution in [-0.2, 0) is 11.3 Å². The lowest BCUT2D eigenvalue weighted by molar-refractivity contribution is -0.126. The van der Waals surface area contributed by atoms with Crippen molar-refractivity contribution in [2.24, 2.45) is 5.92 Å². The molecule has 3 aromatic heterocycles. The summed E-state index contributed by atoms with van der Waals surface area (Å²) in [5.74, 6) is 2.78. The topological polar surface area (TPSA) is 122 Å². The number of amides is 1. The lowest BCUT2D eigenvalue weighted by Crippen LogP contribution is -2.37. The highest BCUT2D eigenvalue weighted by Crippen LogP contribution is 2.35. The minimum absolute atomic E-state index is 0.0114. The molecule has 0 radical (unpaired) electrons. The second-order valence-electron chi connectivity index (χ2n) is 9.77. The molecule has 4 heterocycles. The Labute approximate surface area is 215 Å². The van der Waals surface area contributed by atoms with Crippen LogP contribution in [0.1, 0.15) is 62.0 Å². The van der Waals surface area contributed by atoms with E-state index < -0.39 is 0 Å². The van der Waals surface area contributed by atoms with Gasteiger partial charge in [-0.3, -0.25) is 10.2 Å². The Morgan fingerprint density at radius 3 is 2.67 bits per heavy atom. The largest absolute Gasteiger partial charge is 0.353 e. The fraction of sp³-hybridized carbons (Fsp3) is 0.480. The number of aryl methyl sites for hydroxylation is 1. The third kappa shape index (κ3) is 6.00. The van der Waals surface area contributed by atoms with Gasteiger partial charge < -0.3 is 10.6 Å². The van der Waals surface area contributed by atoms with E-state index in [9.17, 15) is 4.79 Å². The van der Waals surface area contributed by atoms with Crippen molar-refractivity contribution in [3.05, 3.63) is 58.9 Å². The van der Waals surface area contributed by atoms with Gasteiger partial charge in [-0.05, 0) is 57.6 Å². The number of halogens is 1. The zero-order valence-corrected chi connectivity index (χ0v) is 21.3. The summed E-state index contributed by atoms with van der Waals surface area (Å²) in [6, 6.07) is 6.21. The smallest absolute Gasteiger partial charge is 0.223 e. The van der Waals surface area contributed by atoms with E-state index in [1.165, 1.54) is 0 Å². The van der Waals surface area contributed by atoms with E-state index in [0.717, 1.165) is 55.0 Å². The number of hydrogen-bond donors (Lipinski definition) is 4. The summed E-state index contributed by atoms with van der Waals surface area (Å²) < 4.78 is 1.61. The van der Waals surface area contributed by atoms with E-state index in [0.29, 0.717) is 23.4 Å². The van der Waals surface area contributed by atoms with E-state index in [2.05, 4.69) is 38.5 Å². The summed E-state index contributed by atoms with van der Waals surface area (Å²) in [4.78, 5) is 26.8. The fourth-order valence-corrected chi connectivity index (χ4v) is 5.00. The molecule has 11 heteroatoms. The van der Waals surface area contributed by atoms with Crippen LogP contribution in [0.5, 0.6) is 0 Å². The Balaban J connectivity index is 1.11. The Hall–Kier alpha value is -3.08. The minimum atomic E-state index is 0.0114. The van der Waals surface area contributed by atoms with Crippen molar-refractivity contribution in [2.45, 2.75) is 70.6 Å². The first kappa shape index (κ1) is 24.6. The Morgan fingerprint density at radius 2 is 2.00 bits per heavy atom. The van der Waals surface area contributed by atoms with Gasteiger partial charge in [-0.1, -0.05) is 17.7 Å². The molecule has 1 aliphatic heterocycles. The quantitative estimate of drug-likeness (QED) is 0.383. The first-order valence-corrected chi connectivity index (χ1v) is 12.9. The summed E-state index contributed by atoms with van der Waals surface area (Å²) >= 11 is 5.92. The molecule has 0 spiro atoms. The van der Waals surface area contributed by atoms with Gasteiger partial charge in [0.1, 0.15) is 11.6 Å². The van der Waals surface area contributed by atoms with Crippen LogP contribution in [0.2, 0.25) is 5.02 Å². The average molecular weight is 510 g/mol.